The lowest BCUT2D eigenvalue weighted by atomic mass is 10.0. The van der Waals surface area contributed by atoms with Gasteiger partial charge in [-0.25, -0.2) is 4.79 Å². The Kier molecular flexibility index (Phi) is 5.83. The third-order valence-electron chi connectivity index (χ3n) is 4.76. The minimum absolute atomic E-state index is 0.110. The second-order valence-electron chi connectivity index (χ2n) is 7.53. The molecule has 0 radical (unpaired) electrons. The van der Waals surface area contributed by atoms with Crippen LogP contribution in [0.4, 0.5) is 5.69 Å². The molecule has 5 nitrogen and oxygen atoms in total. The van der Waals surface area contributed by atoms with Gasteiger partial charge in [0.15, 0.2) is 0 Å². The summed E-state index contributed by atoms with van der Waals surface area (Å²) in [5, 5.41) is 7.16. The van der Waals surface area contributed by atoms with Gasteiger partial charge in [0.25, 0.3) is 5.91 Å². The smallest absolute Gasteiger partial charge is 0.336 e. The number of nitrogens with one attached hydrogen (secondary N) is 2. The van der Waals surface area contributed by atoms with Crippen molar-refractivity contribution in [2.24, 2.45) is 5.92 Å². The number of benzene rings is 2. The fraction of sp³-hybridized carbons (Fsp3) is 0.304. The first-order valence-electron chi connectivity index (χ1n) is 9.50. The molecule has 0 unspecified atom stereocenters. The fourth-order valence-electron chi connectivity index (χ4n) is 3.05. The molecule has 1 aromatic heterocycles. The summed E-state index contributed by atoms with van der Waals surface area (Å²) < 4.78 is 5.36. The van der Waals surface area contributed by atoms with Gasteiger partial charge in [-0.3, -0.25) is 4.79 Å². The molecule has 0 fully saturated rings. The van der Waals surface area contributed by atoms with Gasteiger partial charge in [-0.15, -0.1) is 0 Å². The average Bonchev–Trinajstić information content (AvgIpc) is 2.65. The molecule has 28 heavy (non-hydrogen) atoms. The number of anilines is 1. The lowest BCUT2D eigenvalue weighted by Gasteiger charge is -2.14. The number of amides is 1. The van der Waals surface area contributed by atoms with Crippen LogP contribution >= 0.6 is 0 Å². The van der Waals surface area contributed by atoms with Gasteiger partial charge in [0.05, 0.1) is 5.56 Å². The summed E-state index contributed by atoms with van der Waals surface area (Å²) in [7, 11) is 0. The van der Waals surface area contributed by atoms with E-state index in [1.165, 1.54) is 6.07 Å². The zero-order valence-electron chi connectivity index (χ0n) is 16.8. The minimum Gasteiger partial charge on any atom is -0.423 e. The molecule has 2 N–H and O–H groups in total. The van der Waals surface area contributed by atoms with Gasteiger partial charge in [0.1, 0.15) is 5.58 Å². The van der Waals surface area contributed by atoms with Gasteiger partial charge in [-0.1, -0.05) is 26.0 Å². The molecule has 0 spiro atoms. The van der Waals surface area contributed by atoms with E-state index in [0.29, 0.717) is 30.2 Å². The largest absolute Gasteiger partial charge is 0.423 e. The molecule has 5 heteroatoms. The van der Waals surface area contributed by atoms with Gasteiger partial charge >= 0.3 is 5.63 Å². The van der Waals surface area contributed by atoms with E-state index in [1.54, 1.807) is 6.07 Å². The molecule has 3 aromatic rings. The third-order valence-corrected chi connectivity index (χ3v) is 4.76. The van der Waals surface area contributed by atoms with Gasteiger partial charge in [0.2, 0.25) is 0 Å². The number of aryl methyl sites for hydroxylation is 2. The van der Waals surface area contributed by atoms with E-state index >= 15 is 0 Å². The first-order chi connectivity index (χ1) is 13.3. The highest BCUT2D eigenvalue weighted by atomic mass is 16.4. The molecule has 0 saturated carbocycles. The number of rotatable bonds is 6. The summed E-state index contributed by atoms with van der Waals surface area (Å²) in [4.78, 5) is 24.5. The molecule has 0 saturated heterocycles. The van der Waals surface area contributed by atoms with Crippen molar-refractivity contribution in [1.29, 1.82) is 0 Å². The van der Waals surface area contributed by atoms with E-state index in [9.17, 15) is 9.59 Å². The van der Waals surface area contributed by atoms with Crippen molar-refractivity contribution in [3.63, 3.8) is 0 Å². The Bertz CT molecular complexity index is 1070. The number of carbonyl (C=O) groups excluding carboxylic acids is 1. The van der Waals surface area contributed by atoms with Crippen LogP contribution in [0.2, 0.25) is 0 Å². The van der Waals surface area contributed by atoms with E-state index < -0.39 is 0 Å². The lowest BCUT2D eigenvalue weighted by molar-refractivity contribution is 0.0950. The minimum atomic E-state index is -0.379. The maximum absolute atomic E-state index is 12.5. The van der Waals surface area contributed by atoms with Crippen LogP contribution in [0.15, 0.2) is 51.7 Å². The average molecular weight is 378 g/mol. The first kappa shape index (κ1) is 19.7. The number of para-hydroxylation sites is 1. The highest BCUT2D eigenvalue weighted by Crippen LogP contribution is 2.23. The van der Waals surface area contributed by atoms with Crippen LogP contribution < -0.4 is 16.3 Å². The van der Waals surface area contributed by atoms with Crippen LogP contribution in [0.3, 0.4) is 0 Å². The van der Waals surface area contributed by atoms with Gasteiger partial charge in [-0.2, -0.15) is 0 Å². The van der Waals surface area contributed by atoms with Gasteiger partial charge < -0.3 is 15.1 Å². The number of fused-ring (bicyclic) bond motifs is 1. The summed E-state index contributed by atoms with van der Waals surface area (Å²) in [5.41, 5.74) is 4.57. The second kappa shape index (κ2) is 8.30. The van der Waals surface area contributed by atoms with Crippen molar-refractivity contribution < 1.29 is 9.21 Å². The predicted molar refractivity (Wildman–Crippen MR) is 113 cm³/mol. The first-order valence-corrected chi connectivity index (χ1v) is 9.50. The molecule has 1 heterocycles. The van der Waals surface area contributed by atoms with E-state index in [2.05, 4.69) is 24.5 Å². The zero-order valence-corrected chi connectivity index (χ0v) is 16.8. The van der Waals surface area contributed by atoms with Crippen LogP contribution in [0.5, 0.6) is 0 Å². The quantitative estimate of drug-likeness (QED) is 0.624. The van der Waals surface area contributed by atoms with Crippen LogP contribution in [0.1, 0.15) is 40.9 Å². The standard InChI is InChI=1S/C23H26N2O3/c1-14(2)12-25-23(27)18-7-5-6-8-20(18)24-13-17-11-22(26)28-21-10-16(4)15(3)9-19(17)21/h5-11,14,24H,12-13H2,1-4H3,(H,25,27). The monoisotopic (exact) mass is 378 g/mol. The maximum Gasteiger partial charge on any atom is 0.336 e. The Hall–Kier alpha value is -3.08. The molecular formula is C23H26N2O3. The molecule has 0 aliphatic carbocycles. The summed E-state index contributed by atoms with van der Waals surface area (Å²) in [6.45, 7) is 9.17. The zero-order chi connectivity index (χ0) is 20.3. The molecule has 0 atom stereocenters. The molecule has 0 aliphatic heterocycles. The summed E-state index contributed by atoms with van der Waals surface area (Å²) in [5.74, 6) is 0.270. The van der Waals surface area contributed by atoms with E-state index in [0.717, 1.165) is 27.8 Å². The summed E-state index contributed by atoms with van der Waals surface area (Å²) >= 11 is 0. The van der Waals surface area contributed by atoms with Crippen LogP contribution in [-0.2, 0) is 6.54 Å². The lowest BCUT2D eigenvalue weighted by Crippen LogP contribution is -2.28. The van der Waals surface area contributed by atoms with Crippen molar-refractivity contribution >= 4 is 22.6 Å². The SMILES string of the molecule is Cc1cc2oc(=O)cc(CNc3ccccc3C(=O)NCC(C)C)c2cc1C. The van der Waals surface area contributed by atoms with Crippen molar-refractivity contribution in [2.45, 2.75) is 34.2 Å². The Morgan fingerprint density at radius 3 is 2.54 bits per heavy atom. The Morgan fingerprint density at radius 2 is 1.79 bits per heavy atom. The van der Waals surface area contributed by atoms with Gasteiger partial charge in [0, 0.05) is 30.2 Å². The second-order valence-corrected chi connectivity index (χ2v) is 7.53. The number of carbonyl (C=O) groups is 1. The van der Waals surface area contributed by atoms with E-state index in [4.69, 9.17) is 4.42 Å². The number of hydrogen-bond donors (Lipinski definition) is 2. The molecular weight excluding hydrogens is 352 g/mol. The fourth-order valence-corrected chi connectivity index (χ4v) is 3.05. The molecule has 146 valence electrons. The molecule has 3 rings (SSSR count). The topological polar surface area (TPSA) is 71.3 Å². The van der Waals surface area contributed by atoms with Crippen LogP contribution in [0.25, 0.3) is 11.0 Å². The molecule has 2 aromatic carbocycles. The maximum atomic E-state index is 12.5. The Labute approximate surface area is 164 Å². The Morgan fingerprint density at radius 1 is 1.07 bits per heavy atom. The number of hydrogen-bond acceptors (Lipinski definition) is 4. The highest BCUT2D eigenvalue weighted by Gasteiger charge is 2.12. The van der Waals surface area contributed by atoms with Crippen molar-refractivity contribution in [3.05, 3.63) is 75.1 Å². The summed E-state index contributed by atoms with van der Waals surface area (Å²) in [6.07, 6.45) is 0. The van der Waals surface area contributed by atoms with Crippen LogP contribution in [0, 0.1) is 19.8 Å². The van der Waals surface area contributed by atoms with Crippen molar-refractivity contribution in [1.82, 2.24) is 5.32 Å². The molecule has 0 aliphatic rings. The van der Waals surface area contributed by atoms with Gasteiger partial charge in [-0.05, 0) is 60.7 Å². The van der Waals surface area contributed by atoms with Crippen molar-refractivity contribution in [2.75, 3.05) is 11.9 Å². The summed E-state index contributed by atoms with van der Waals surface area (Å²) in [6, 6.07) is 12.8. The van der Waals surface area contributed by atoms with E-state index in [1.807, 2.05) is 44.2 Å². The third kappa shape index (κ3) is 4.42. The van der Waals surface area contributed by atoms with Crippen molar-refractivity contribution in [3.8, 4) is 0 Å². The van der Waals surface area contributed by atoms with Crippen LogP contribution in [-0.4, -0.2) is 12.5 Å². The molecule has 1 amide bonds. The molecule has 0 bridgehead atoms. The van der Waals surface area contributed by atoms with E-state index in [-0.39, 0.29) is 11.5 Å². The Balaban J connectivity index is 1.88. The normalized spacial score (nSPS) is 11.0. The highest BCUT2D eigenvalue weighted by molar-refractivity contribution is 5.99. The predicted octanol–water partition coefficient (Wildman–Crippen LogP) is 4.41.